The number of carbonyl (C=O) groups is 1. The second-order valence-electron chi connectivity index (χ2n) is 7.50. The van der Waals surface area contributed by atoms with Crippen molar-refractivity contribution in [2.75, 3.05) is 0 Å². The summed E-state index contributed by atoms with van der Waals surface area (Å²) in [5.74, 6) is 2.01. The lowest BCUT2D eigenvalue weighted by Crippen LogP contribution is -2.39. The number of hydrogen-bond acceptors (Lipinski definition) is 3. The van der Waals surface area contributed by atoms with E-state index in [1.165, 1.54) is 0 Å². The summed E-state index contributed by atoms with van der Waals surface area (Å²) in [7, 11) is 0. The Bertz CT molecular complexity index is 600. The van der Waals surface area contributed by atoms with Gasteiger partial charge in [-0.15, -0.1) is 0 Å². The fraction of sp³-hybridized carbons (Fsp3) is 0.526. The van der Waals surface area contributed by atoms with Crippen LogP contribution in [-0.4, -0.2) is 5.78 Å². The summed E-state index contributed by atoms with van der Waals surface area (Å²) >= 11 is 0. The highest BCUT2D eigenvalue weighted by Crippen LogP contribution is 2.36. The maximum Gasteiger partial charge on any atom is 0.144 e. The Hall–Kier alpha value is -1.77. The predicted octanol–water partition coefficient (Wildman–Crippen LogP) is 4.90. The highest BCUT2D eigenvalue weighted by molar-refractivity contribution is 5.89. The number of aryl methyl sites for hydroxylation is 2. The lowest BCUT2D eigenvalue weighted by atomic mass is 9.69. The van der Waals surface area contributed by atoms with E-state index < -0.39 is 10.8 Å². The molecule has 0 aliphatic carbocycles. The van der Waals surface area contributed by atoms with Crippen molar-refractivity contribution in [3.05, 3.63) is 47.3 Å². The van der Waals surface area contributed by atoms with E-state index in [2.05, 4.69) is 0 Å². The van der Waals surface area contributed by atoms with Crippen molar-refractivity contribution in [2.45, 2.75) is 54.4 Å². The van der Waals surface area contributed by atoms with Crippen molar-refractivity contribution >= 4 is 5.78 Å². The molecule has 0 amide bonds. The molecule has 0 radical (unpaired) electrons. The number of ketones is 1. The average Bonchev–Trinajstić information content (AvgIpc) is 2.98. The molecule has 2 heterocycles. The third kappa shape index (κ3) is 3.34. The Morgan fingerprint density at radius 1 is 0.864 bits per heavy atom. The van der Waals surface area contributed by atoms with Crippen molar-refractivity contribution in [3.63, 3.8) is 0 Å². The molecule has 0 saturated carbocycles. The van der Waals surface area contributed by atoms with E-state index in [-0.39, 0.29) is 5.78 Å². The van der Waals surface area contributed by atoms with Crippen molar-refractivity contribution < 1.29 is 13.6 Å². The lowest BCUT2D eigenvalue weighted by molar-refractivity contribution is -0.136. The minimum Gasteiger partial charge on any atom is -0.469 e. The quantitative estimate of drug-likeness (QED) is 0.762. The molecular formula is C19H26O3. The third-order valence-electron chi connectivity index (χ3n) is 4.37. The van der Waals surface area contributed by atoms with Crippen LogP contribution in [0.3, 0.4) is 0 Å². The van der Waals surface area contributed by atoms with Crippen LogP contribution in [0.25, 0.3) is 0 Å². The molecule has 0 N–H and O–H groups in total. The first kappa shape index (κ1) is 16.6. The highest BCUT2D eigenvalue weighted by atomic mass is 16.3. The largest absolute Gasteiger partial charge is 0.469 e. The molecule has 0 atom stereocenters. The van der Waals surface area contributed by atoms with Gasteiger partial charge in [-0.2, -0.15) is 0 Å². The highest BCUT2D eigenvalue weighted by Gasteiger charge is 2.40. The molecule has 22 heavy (non-hydrogen) atoms. The molecule has 3 heteroatoms. The van der Waals surface area contributed by atoms with E-state index in [0.717, 1.165) is 22.6 Å². The molecule has 0 fully saturated rings. The number of rotatable bonds is 6. The molecule has 3 nitrogen and oxygen atoms in total. The number of Topliss-reactive ketones (excluding diaryl/α,β-unsaturated/α-hetero) is 1. The zero-order valence-electron chi connectivity index (χ0n) is 14.4. The minimum atomic E-state index is -0.480. The minimum absolute atomic E-state index is 0.228. The monoisotopic (exact) mass is 302 g/mol. The van der Waals surface area contributed by atoms with E-state index in [0.29, 0.717) is 12.8 Å². The summed E-state index contributed by atoms with van der Waals surface area (Å²) in [5, 5.41) is 0. The molecule has 0 spiro atoms. The molecule has 120 valence electrons. The predicted molar refractivity (Wildman–Crippen MR) is 86.9 cm³/mol. The van der Waals surface area contributed by atoms with Crippen LogP contribution >= 0.6 is 0 Å². The number of furan rings is 2. The van der Waals surface area contributed by atoms with Gasteiger partial charge in [0.1, 0.15) is 17.3 Å². The maximum atomic E-state index is 13.1. The van der Waals surface area contributed by atoms with Gasteiger partial charge < -0.3 is 8.83 Å². The molecule has 0 unspecified atom stereocenters. The van der Waals surface area contributed by atoms with Gasteiger partial charge in [-0.3, -0.25) is 4.79 Å². The number of carbonyl (C=O) groups excluding carboxylic acids is 1. The fourth-order valence-electron chi connectivity index (χ4n) is 3.05. The van der Waals surface area contributed by atoms with E-state index in [1.54, 1.807) is 12.5 Å². The van der Waals surface area contributed by atoms with Gasteiger partial charge >= 0.3 is 0 Å². The van der Waals surface area contributed by atoms with E-state index in [1.807, 2.05) is 53.7 Å². The first-order chi connectivity index (χ1) is 10.1. The van der Waals surface area contributed by atoms with Gasteiger partial charge in [-0.25, -0.2) is 0 Å². The van der Waals surface area contributed by atoms with Crippen LogP contribution in [0.15, 0.2) is 33.5 Å². The Morgan fingerprint density at radius 3 is 1.50 bits per heavy atom. The SMILES string of the molecule is Cc1ccoc1CC(C)(C)C(=O)C(C)(C)Cc1occc1C. The second kappa shape index (κ2) is 5.79. The van der Waals surface area contributed by atoms with E-state index >= 15 is 0 Å². The molecule has 0 saturated heterocycles. The Morgan fingerprint density at radius 2 is 1.23 bits per heavy atom. The summed E-state index contributed by atoms with van der Waals surface area (Å²) in [4.78, 5) is 13.1. The summed E-state index contributed by atoms with van der Waals surface area (Å²) in [5.41, 5.74) is 1.24. The topological polar surface area (TPSA) is 43.4 Å². The summed E-state index contributed by atoms with van der Waals surface area (Å²) < 4.78 is 11.0. The smallest absolute Gasteiger partial charge is 0.144 e. The molecule has 0 aliphatic rings. The number of hydrogen-bond donors (Lipinski definition) is 0. The van der Waals surface area contributed by atoms with Crippen LogP contribution in [0.4, 0.5) is 0 Å². The molecule has 2 aromatic heterocycles. The Balaban J connectivity index is 2.17. The van der Waals surface area contributed by atoms with E-state index in [4.69, 9.17) is 8.83 Å². The van der Waals surface area contributed by atoms with Gasteiger partial charge in [0.05, 0.1) is 12.5 Å². The molecular weight excluding hydrogens is 276 g/mol. The van der Waals surface area contributed by atoms with E-state index in [9.17, 15) is 4.79 Å². The summed E-state index contributed by atoms with van der Waals surface area (Å²) in [6, 6.07) is 3.88. The zero-order valence-corrected chi connectivity index (χ0v) is 14.4. The zero-order chi connectivity index (χ0) is 16.5. The fourth-order valence-corrected chi connectivity index (χ4v) is 3.05. The van der Waals surface area contributed by atoms with Crippen LogP contribution in [-0.2, 0) is 17.6 Å². The van der Waals surface area contributed by atoms with Gasteiger partial charge in [-0.1, -0.05) is 27.7 Å². The molecule has 2 aromatic rings. The maximum absolute atomic E-state index is 13.1. The molecule has 2 rings (SSSR count). The van der Waals surface area contributed by atoms with Gasteiger partial charge in [0.15, 0.2) is 0 Å². The van der Waals surface area contributed by atoms with Gasteiger partial charge in [-0.05, 0) is 37.1 Å². The van der Waals surface area contributed by atoms with Crippen molar-refractivity contribution in [2.24, 2.45) is 10.8 Å². The molecule has 0 aliphatic heterocycles. The lowest BCUT2D eigenvalue weighted by Gasteiger charge is -2.32. The van der Waals surface area contributed by atoms with Crippen molar-refractivity contribution in [3.8, 4) is 0 Å². The van der Waals surface area contributed by atoms with Gasteiger partial charge in [0, 0.05) is 23.7 Å². The van der Waals surface area contributed by atoms with Crippen LogP contribution in [0.5, 0.6) is 0 Å². The Labute approximate surface area is 132 Å². The molecule has 0 aromatic carbocycles. The third-order valence-corrected chi connectivity index (χ3v) is 4.37. The van der Waals surface area contributed by atoms with Crippen molar-refractivity contribution in [1.82, 2.24) is 0 Å². The van der Waals surface area contributed by atoms with Crippen LogP contribution < -0.4 is 0 Å². The van der Waals surface area contributed by atoms with Crippen LogP contribution in [0.2, 0.25) is 0 Å². The Kier molecular flexibility index (Phi) is 4.37. The van der Waals surface area contributed by atoms with Crippen LogP contribution in [0.1, 0.15) is 50.3 Å². The normalized spacial score (nSPS) is 12.6. The second-order valence-corrected chi connectivity index (χ2v) is 7.50. The van der Waals surface area contributed by atoms with Gasteiger partial charge in [0.2, 0.25) is 0 Å². The first-order valence-corrected chi connectivity index (χ1v) is 7.74. The summed E-state index contributed by atoms with van der Waals surface area (Å²) in [6.07, 6.45) is 4.60. The van der Waals surface area contributed by atoms with Crippen LogP contribution in [0, 0.1) is 24.7 Å². The molecule has 0 bridgehead atoms. The van der Waals surface area contributed by atoms with Gasteiger partial charge in [0.25, 0.3) is 0 Å². The van der Waals surface area contributed by atoms with Crippen molar-refractivity contribution in [1.29, 1.82) is 0 Å². The summed E-state index contributed by atoms with van der Waals surface area (Å²) in [6.45, 7) is 12.0. The average molecular weight is 302 g/mol. The standard InChI is InChI=1S/C19H26O3/c1-13-7-9-21-15(13)11-18(3,4)17(20)19(5,6)12-16-14(2)8-10-22-16/h7-10H,11-12H2,1-6H3. The first-order valence-electron chi connectivity index (χ1n) is 7.74.